The van der Waals surface area contributed by atoms with Crippen LogP contribution in [0, 0.1) is 0 Å². The van der Waals surface area contributed by atoms with Crippen LogP contribution in [0.5, 0.6) is 0 Å². The second-order valence-electron chi connectivity index (χ2n) is 2.08. The number of alkyl halides is 3. The Balaban J connectivity index is 0.00000121. The Morgan fingerprint density at radius 1 is 1.17 bits per heavy atom. The fourth-order valence-electron chi connectivity index (χ4n) is 0.696. The van der Waals surface area contributed by atoms with Crippen molar-refractivity contribution in [2.45, 2.75) is 6.18 Å². The first-order valence-corrected chi connectivity index (χ1v) is 2.89. The standard InChI is InChI=1S/C7H5F3N.Y/c8-7(9,10)5-2-1-3-6(11)4-5;/h1-4,11H;/q-1;. The van der Waals surface area contributed by atoms with E-state index in [0.29, 0.717) is 0 Å². The summed E-state index contributed by atoms with van der Waals surface area (Å²) < 4.78 is 35.7. The summed E-state index contributed by atoms with van der Waals surface area (Å²) in [5, 5.41) is 0. The van der Waals surface area contributed by atoms with Gasteiger partial charge in [-0.3, -0.25) is 0 Å². The maximum Gasteiger partial charge on any atom is 0.416 e. The average molecular weight is 249 g/mol. The van der Waals surface area contributed by atoms with Gasteiger partial charge < -0.3 is 5.73 Å². The van der Waals surface area contributed by atoms with Crippen LogP contribution in [0.2, 0.25) is 0 Å². The Morgan fingerprint density at radius 2 is 1.75 bits per heavy atom. The van der Waals surface area contributed by atoms with E-state index in [9.17, 15) is 13.2 Å². The van der Waals surface area contributed by atoms with E-state index in [0.717, 1.165) is 12.1 Å². The molecule has 1 aromatic carbocycles. The van der Waals surface area contributed by atoms with Gasteiger partial charge in [0.15, 0.2) is 0 Å². The number of rotatable bonds is 0. The molecular weight excluding hydrogens is 244 g/mol. The largest absolute Gasteiger partial charge is 0.699 e. The fourth-order valence-corrected chi connectivity index (χ4v) is 0.696. The fraction of sp³-hybridized carbons (Fsp3) is 0.143. The molecule has 0 saturated carbocycles. The van der Waals surface area contributed by atoms with Crippen LogP contribution in [0.15, 0.2) is 24.3 Å². The van der Waals surface area contributed by atoms with E-state index in [1.54, 1.807) is 0 Å². The van der Waals surface area contributed by atoms with E-state index < -0.39 is 11.7 Å². The predicted octanol–water partition coefficient (Wildman–Crippen LogP) is 3.39. The molecule has 0 spiro atoms. The number of hydrogen-bond acceptors (Lipinski definition) is 0. The first-order valence-electron chi connectivity index (χ1n) is 2.89. The van der Waals surface area contributed by atoms with Crippen LogP contribution in [0.25, 0.3) is 5.73 Å². The van der Waals surface area contributed by atoms with Gasteiger partial charge in [0, 0.05) is 32.7 Å². The summed E-state index contributed by atoms with van der Waals surface area (Å²) in [5.74, 6) is 0. The first-order chi connectivity index (χ1) is 5.00. The molecule has 0 heterocycles. The molecule has 1 N–H and O–H groups in total. The molecule has 0 bridgehead atoms. The number of benzene rings is 1. The van der Waals surface area contributed by atoms with Crippen molar-refractivity contribution in [3.8, 4) is 0 Å². The van der Waals surface area contributed by atoms with Crippen molar-refractivity contribution < 1.29 is 45.9 Å². The minimum absolute atomic E-state index is 0. The summed E-state index contributed by atoms with van der Waals surface area (Å²) in [6.45, 7) is 0. The summed E-state index contributed by atoms with van der Waals surface area (Å²) >= 11 is 0. The molecule has 1 rings (SSSR count). The van der Waals surface area contributed by atoms with Crippen molar-refractivity contribution >= 4 is 5.69 Å². The summed E-state index contributed by atoms with van der Waals surface area (Å²) in [6.07, 6.45) is -4.34. The molecule has 0 aromatic heterocycles. The molecule has 1 aromatic rings. The molecule has 0 aliphatic rings. The van der Waals surface area contributed by atoms with Crippen LogP contribution in [0.1, 0.15) is 5.56 Å². The van der Waals surface area contributed by atoms with E-state index >= 15 is 0 Å². The van der Waals surface area contributed by atoms with Gasteiger partial charge in [-0.05, 0) is 0 Å². The van der Waals surface area contributed by atoms with Crippen molar-refractivity contribution in [2.24, 2.45) is 0 Å². The molecule has 0 saturated heterocycles. The zero-order valence-corrected chi connectivity index (χ0v) is 8.86. The second-order valence-corrected chi connectivity index (χ2v) is 2.08. The molecular formula is C7H5F3NY-. The van der Waals surface area contributed by atoms with Gasteiger partial charge >= 0.3 is 6.18 Å². The molecule has 63 valence electrons. The first kappa shape index (κ1) is 11.9. The molecule has 0 aliphatic carbocycles. The number of halogens is 3. The minimum atomic E-state index is -4.34. The van der Waals surface area contributed by atoms with Gasteiger partial charge in [0.2, 0.25) is 0 Å². The topological polar surface area (TPSA) is 23.8 Å². The Kier molecular flexibility index (Phi) is 4.21. The summed E-state index contributed by atoms with van der Waals surface area (Å²) in [4.78, 5) is 0. The molecule has 0 amide bonds. The third-order valence-corrected chi connectivity index (χ3v) is 1.19. The third kappa shape index (κ3) is 3.11. The van der Waals surface area contributed by atoms with Gasteiger partial charge in [0.1, 0.15) is 0 Å². The number of hydrogen-bond donors (Lipinski definition) is 0. The van der Waals surface area contributed by atoms with Gasteiger partial charge in [-0.25, -0.2) is 0 Å². The zero-order valence-electron chi connectivity index (χ0n) is 6.02. The van der Waals surface area contributed by atoms with E-state index in [2.05, 4.69) is 0 Å². The average Bonchev–Trinajstić information content (AvgIpc) is 1.86. The minimum Gasteiger partial charge on any atom is -0.699 e. The quantitative estimate of drug-likeness (QED) is 0.673. The van der Waals surface area contributed by atoms with Crippen molar-refractivity contribution in [3.63, 3.8) is 0 Å². The monoisotopic (exact) mass is 249 g/mol. The molecule has 0 unspecified atom stereocenters. The van der Waals surface area contributed by atoms with Crippen LogP contribution in [0.4, 0.5) is 18.9 Å². The molecule has 5 heteroatoms. The van der Waals surface area contributed by atoms with Crippen molar-refractivity contribution in [2.75, 3.05) is 0 Å². The zero-order chi connectivity index (χ0) is 8.48. The van der Waals surface area contributed by atoms with E-state index in [4.69, 9.17) is 5.73 Å². The smallest absolute Gasteiger partial charge is 0.416 e. The summed E-state index contributed by atoms with van der Waals surface area (Å²) in [5.41, 5.74) is 6.02. The van der Waals surface area contributed by atoms with E-state index in [1.165, 1.54) is 12.1 Å². The second kappa shape index (κ2) is 4.24. The number of nitrogens with one attached hydrogen (secondary N) is 1. The van der Waals surface area contributed by atoms with Crippen LogP contribution in [-0.4, -0.2) is 0 Å². The predicted molar refractivity (Wildman–Crippen MR) is 35.4 cm³/mol. The Hall–Kier alpha value is -0.0861. The molecule has 0 atom stereocenters. The van der Waals surface area contributed by atoms with Crippen molar-refractivity contribution in [3.05, 3.63) is 35.6 Å². The Bertz CT molecular complexity index is 259. The van der Waals surface area contributed by atoms with Crippen LogP contribution < -0.4 is 0 Å². The molecule has 0 fully saturated rings. The Labute approximate surface area is 93.0 Å². The maximum atomic E-state index is 11.9. The van der Waals surface area contributed by atoms with Gasteiger partial charge in [-0.1, -0.05) is 24.3 Å². The molecule has 0 aliphatic heterocycles. The van der Waals surface area contributed by atoms with Crippen molar-refractivity contribution in [1.82, 2.24) is 0 Å². The van der Waals surface area contributed by atoms with Gasteiger partial charge in [0.05, 0.1) is 5.56 Å². The van der Waals surface area contributed by atoms with Crippen LogP contribution in [-0.2, 0) is 38.9 Å². The van der Waals surface area contributed by atoms with Gasteiger partial charge in [-0.2, -0.15) is 13.2 Å². The van der Waals surface area contributed by atoms with Gasteiger partial charge in [-0.15, -0.1) is 5.69 Å². The SMILES string of the molecule is [NH-]c1cccc(C(F)(F)F)c1.[Y]. The Morgan fingerprint density at radius 3 is 2.08 bits per heavy atom. The van der Waals surface area contributed by atoms with Crippen LogP contribution >= 0.6 is 0 Å². The maximum absolute atomic E-state index is 11.9. The third-order valence-electron chi connectivity index (χ3n) is 1.19. The van der Waals surface area contributed by atoms with E-state index in [-0.39, 0.29) is 38.4 Å². The molecule has 1 nitrogen and oxygen atoms in total. The normalized spacial score (nSPS) is 10.6. The van der Waals surface area contributed by atoms with Gasteiger partial charge in [0.25, 0.3) is 0 Å². The summed E-state index contributed by atoms with van der Waals surface area (Å²) in [7, 11) is 0. The molecule has 12 heavy (non-hydrogen) atoms. The van der Waals surface area contributed by atoms with Crippen molar-refractivity contribution in [1.29, 1.82) is 0 Å². The molecule has 1 radical (unpaired) electrons. The summed E-state index contributed by atoms with van der Waals surface area (Å²) in [6, 6.07) is 4.25. The van der Waals surface area contributed by atoms with E-state index in [1.807, 2.05) is 0 Å². The van der Waals surface area contributed by atoms with Crippen LogP contribution in [0.3, 0.4) is 0 Å².